The minimum atomic E-state index is -0.693. The fourth-order valence-corrected chi connectivity index (χ4v) is 3.27. The lowest BCUT2D eigenvalue weighted by molar-refractivity contribution is -0.138. The van der Waals surface area contributed by atoms with Crippen LogP contribution in [-0.2, 0) is 9.53 Å². The molecule has 0 unspecified atom stereocenters. The summed E-state index contributed by atoms with van der Waals surface area (Å²) in [6.45, 7) is 1.98. The average molecular weight is 371 g/mol. The van der Waals surface area contributed by atoms with Gasteiger partial charge in [-0.2, -0.15) is 0 Å². The van der Waals surface area contributed by atoms with Crippen molar-refractivity contribution >= 4 is 29.3 Å². The van der Waals surface area contributed by atoms with Crippen molar-refractivity contribution in [2.24, 2.45) is 0 Å². The third-order valence-electron chi connectivity index (χ3n) is 4.21. The van der Waals surface area contributed by atoms with Gasteiger partial charge in [-0.1, -0.05) is 60.1 Å². The number of rotatable bonds is 4. The number of carbonyl (C=O) groups excluding carboxylic acids is 2. The van der Waals surface area contributed by atoms with E-state index < -0.39 is 12.0 Å². The van der Waals surface area contributed by atoms with Gasteiger partial charge in [0.2, 0.25) is 0 Å². The standard InChI is InChI=1S/C20H19ClN2O3/c1-3-26-19(24)16-17(14-11-7-8-12-15(14)21)22-20(25)23(2)18(16)13-9-5-4-6-10-13/h4-12,17H,3H2,1-2H3,(H,22,25)/t17-/m1/s1. The zero-order chi connectivity index (χ0) is 18.7. The van der Waals surface area contributed by atoms with Gasteiger partial charge < -0.3 is 10.1 Å². The Balaban J connectivity index is 2.26. The van der Waals surface area contributed by atoms with Crippen LogP contribution in [-0.4, -0.2) is 30.6 Å². The molecule has 1 aliphatic rings. The molecule has 5 nitrogen and oxygen atoms in total. The maximum Gasteiger partial charge on any atom is 0.338 e. The van der Waals surface area contributed by atoms with E-state index in [9.17, 15) is 9.59 Å². The van der Waals surface area contributed by atoms with Gasteiger partial charge in [0, 0.05) is 12.1 Å². The Kier molecular flexibility index (Phi) is 5.28. The van der Waals surface area contributed by atoms with Crippen LogP contribution in [0.1, 0.15) is 24.1 Å². The first-order valence-corrected chi connectivity index (χ1v) is 8.67. The molecule has 1 aliphatic heterocycles. The molecular weight excluding hydrogens is 352 g/mol. The van der Waals surface area contributed by atoms with Crippen LogP contribution < -0.4 is 5.32 Å². The summed E-state index contributed by atoms with van der Waals surface area (Å²) >= 11 is 6.34. The van der Waals surface area contributed by atoms with Gasteiger partial charge in [-0.15, -0.1) is 0 Å². The minimum absolute atomic E-state index is 0.233. The Morgan fingerprint density at radius 1 is 1.15 bits per heavy atom. The number of hydrogen-bond acceptors (Lipinski definition) is 3. The van der Waals surface area contributed by atoms with Gasteiger partial charge in [0.15, 0.2) is 0 Å². The highest BCUT2D eigenvalue weighted by Crippen LogP contribution is 2.37. The van der Waals surface area contributed by atoms with Gasteiger partial charge >= 0.3 is 12.0 Å². The van der Waals surface area contributed by atoms with Crippen molar-refractivity contribution in [1.82, 2.24) is 10.2 Å². The Labute approximate surface area is 157 Å². The number of hydrogen-bond donors (Lipinski definition) is 1. The maximum absolute atomic E-state index is 12.8. The van der Waals surface area contributed by atoms with Gasteiger partial charge in [0.1, 0.15) is 0 Å². The van der Waals surface area contributed by atoms with Gasteiger partial charge in [0.05, 0.1) is 23.9 Å². The molecule has 0 saturated heterocycles. The summed E-state index contributed by atoms with van der Waals surface area (Å²) in [6, 6.07) is 15.4. The van der Waals surface area contributed by atoms with Gasteiger partial charge in [-0.05, 0) is 24.1 Å². The van der Waals surface area contributed by atoms with Crippen molar-refractivity contribution in [2.75, 3.05) is 13.7 Å². The molecule has 1 N–H and O–H groups in total. The Hall–Kier alpha value is -2.79. The molecule has 0 fully saturated rings. The van der Waals surface area contributed by atoms with Crippen molar-refractivity contribution in [3.05, 3.63) is 76.3 Å². The van der Waals surface area contributed by atoms with Gasteiger partial charge in [-0.25, -0.2) is 9.59 Å². The molecule has 2 aromatic carbocycles. The molecule has 0 radical (unpaired) electrons. The first kappa shape index (κ1) is 18.0. The van der Waals surface area contributed by atoms with E-state index in [1.165, 1.54) is 4.90 Å². The second-order valence-corrected chi connectivity index (χ2v) is 6.22. The molecule has 0 saturated carbocycles. The van der Waals surface area contributed by atoms with Crippen LogP contribution in [0.2, 0.25) is 5.02 Å². The van der Waals surface area contributed by atoms with Crippen molar-refractivity contribution in [3.8, 4) is 0 Å². The molecule has 6 heteroatoms. The quantitative estimate of drug-likeness (QED) is 0.827. The zero-order valence-corrected chi connectivity index (χ0v) is 15.3. The summed E-state index contributed by atoms with van der Waals surface area (Å²) in [5.41, 5.74) is 2.27. The van der Waals surface area contributed by atoms with Gasteiger partial charge in [-0.3, -0.25) is 4.90 Å². The largest absolute Gasteiger partial charge is 0.463 e. The second-order valence-electron chi connectivity index (χ2n) is 5.81. The fraction of sp³-hybridized carbons (Fsp3) is 0.200. The second kappa shape index (κ2) is 7.62. The molecule has 0 aromatic heterocycles. The first-order valence-electron chi connectivity index (χ1n) is 8.30. The third kappa shape index (κ3) is 3.30. The highest BCUT2D eigenvalue weighted by atomic mass is 35.5. The summed E-state index contributed by atoms with van der Waals surface area (Å²) in [5.74, 6) is -0.483. The lowest BCUT2D eigenvalue weighted by Gasteiger charge is -2.35. The smallest absolute Gasteiger partial charge is 0.338 e. The van der Waals surface area contributed by atoms with E-state index in [1.54, 1.807) is 32.2 Å². The molecule has 0 spiro atoms. The number of carbonyl (C=O) groups is 2. The Bertz CT molecular complexity index is 864. The minimum Gasteiger partial charge on any atom is -0.463 e. The normalized spacial score (nSPS) is 17.1. The van der Waals surface area contributed by atoms with Crippen molar-refractivity contribution < 1.29 is 14.3 Å². The predicted molar refractivity (Wildman–Crippen MR) is 100 cm³/mol. The maximum atomic E-state index is 12.8. The zero-order valence-electron chi connectivity index (χ0n) is 14.5. The SMILES string of the molecule is CCOC(=O)C1=C(c2ccccc2)N(C)C(=O)N[C@@H]1c1ccccc1Cl. The molecule has 0 aliphatic carbocycles. The lowest BCUT2D eigenvalue weighted by Crippen LogP contribution is -2.46. The number of urea groups is 1. The monoisotopic (exact) mass is 370 g/mol. The van der Waals surface area contributed by atoms with E-state index in [1.807, 2.05) is 36.4 Å². The Morgan fingerprint density at radius 3 is 2.46 bits per heavy atom. The van der Waals surface area contributed by atoms with E-state index in [0.717, 1.165) is 5.56 Å². The van der Waals surface area contributed by atoms with Crippen LogP contribution in [0.4, 0.5) is 4.79 Å². The first-order chi connectivity index (χ1) is 12.5. The van der Waals surface area contributed by atoms with Crippen LogP contribution in [0.5, 0.6) is 0 Å². The third-order valence-corrected chi connectivity index (χ3v) is 4.55. The number of nitrogens with zero attached hydrogens (tertiary/aromatic N) is 1. The molecule has 3 rings (SSSR count). The van der Waals surface area contributed by atoms with Crippen LogP contribution in [0.3, 0.4) is 0 Å². The van der Waals surface area contributed by atoms with E-state index >= 15 is 0 Å². The number of halogens is 1. The summed E-state index contributed by atoms with van der Waals surface area (Å²) in [4.78, 5) is 26.8. The predicted octanol–water partition coefficient (Wildman–Crippen LogP) is 4.01. The van der Waals surface area contributed by atoms with E-state index in [2.05, 4.69) is 5.32 Å². The summed E-state index contributed by atoms with van der Waals surface area (Å²) in [5, 5.41) is 3.33. The number of nitrogens with one attached hydrogen (secondary N) is 1. The summed E-state index contributed by atoms with van der Waals surface area (Å²) in [6.07, 6.45) is 0. The van der Waals surface area contributed by atoms with E-state index in [-0.39, 0.29) is 12.6 Å². The molecule has 1 heterocycles. The van der Waals surface area contributed by atoms with Crippen LogP contribution in [0.25, 0.3) is 5.70 Å². The molecule has 26 heavy (non-hydrogen) atoms. The highest BCUT2D eigenvalue weighted by molar-refractivity contribution is 6.31. The molecule has 2 aromatic rings. The summed E-state index contributed by atoms with van der Waals surface area (Å²) in [7, 11) is 1.62. The number of benzene rings is 2. The van der Waals surface area contributed by atoms with Crippen molar-refractivity contribution in [2.45, 2.75) is 13.0 Å². The Morgan fingerprint density at radius 2 is 1.81 bits per heavy atom. The van der Waals surface area contributed by atoms with Crippen molar-refractivity contribution in [3.63, 3.8) is 0 Å². The number of esters is 1. The molecule has 134 valence electrons. The molecular formula is C20H19ClN2O3. The average Bonchev–Trinajstić information content (AvgIpc) is 2.65. The van der Waals surface area contributed by atoms with Gasteiger partial charge in [0.25, 0.3) is 0 Å². The van der Waals surface area contributed by atoms with E-state index in [4.69, 9.17) is 16.3 Å². The lowest BCUT2D eigenvalue weighted by atomic mass is 9.92. The topological polar surface area (TPSA) is 58.6 Å². The van der Waals surface area contributed by atoms with Crippen molar-refractivity contribution in [1.29, 1.82) is 0 Å². The molecule has 0 bridgehead atoms. The molecule has 1 atom stereocenters. The van der Waals surface area contributed by atoms with Crippen LogP contribution in [0.15, 0.2) is 60.2 Å². The molecule has 2 amide bonds. The van der Waals surface area contributed by atoms with Crippen LogP contribution >= 0.6 is 11.6 Å². The highest BCUT2D eigenvalue weighted by Gasteiger charge is 2.38. The fourth-order valence-electron chi connectivity index (χ4n) is 3.02. The van der Waals surface area contributed by atoms with E-state index in [0.29, 0.717) is 21.9 Å². The number of amides is 2. The number of ether oxygens (including phenoxy) is 1. The van der Waals surface area contributed by atoms with Crippen LogP contribution in [0, 0.1) is 0 Å². The summed E-state index contributed by atoms with van der Waals surface area (Å²) < 4.78 is 5.29.